The number of rotatable bonds is 14. The van der Waals surface area contributed by atoms with Gasteiger partial charge in [-0.15, -0.1) is 0 Å². The van der Waals surface area contributed by atoms with Crippen LogP contribution >= 0.6 is 0 Å². The largest absolute Gasteiger partial charge is 0.444 e. The fourth-order valence-electron chi connectivity index (χ4n) is 3.23. The maximum atomic E-state index is 12.8. The molecule has 0 fully saturated rings. The van der Waals surface area contributed by atoms with Gasteiger partial charge in [-0.1, -0.05) is 35.7 Å². The summed E-state index contributed by atoms with van der Waals surface area (Å²) in [4.78, 5) is 37.2. The monoisotopic (exact) mass is 487 g/mol. The minimum absolute atomic E-state index is 0.100. The first-order valence-corrected chi connectivity index (χ1v) is 12.0. The van der Waals surface area contributed by atoms with Crippen LogP contribution < -0.4 is 10.6 Å². The molecule has 1 heterocycles. The number of alkyl carbamates (subject to hydrolysis) is 1. The van der Waals surface area contributed by atoms with E-state index in [-0.39, 0.29) is 18.3 Å². The van der Waals surface area contributed by atoms with Crippen LogP contribution in [0.2, 0.25) is 0 Å². The minimum atomic E-state index is -0.658. The Morgan fingerprint density at radius 2 is 1.80 bits per heavy atom. The standard InChI is InChI=1S/C26H37N3O6/c1-19-9-11-20(12-10-19)24(31)28-22(23(30)18-33-16-13-21-14-17-34-29-21)8-6-5-7-15-27-25(32)35-26(2,3)4/h9-12,14,17,22H,5-8,13,15-16,18H2,1-4H3,(H,27,32)(H,28,31)/t22-/m0/s1. The third kappa shape index (κ3) is 11.7. The van der Waals surface area contributed by atoms with E-state index in [1.54, 1.807) is 18.2 Å². The van der Waals surface area contributed by atoms with Gasteiger partial charge in [-0.05, 0) is 52.7 Å². The Morgan fingerprint density at radius 3 is 2.46 bits per heavy atom. The lowest BCUT2D eigenvalue weighted by molar-refractivity contribution is -0.125. The molecule has 35 heavy (non-hydrogen) atoms. The molecule has 2 rings (SSSR count). The molecule has 2 amide bonds. The molecule has 1 aromatic heterocycles. The Hall–Kier alpha value is -3.20. The van der Waals surface area contributed by atoms with E-state index in [1.165, 1.54) is 6.26 Å². The third-order valence-electron chi connectivity index (χ3n) is 5.08. The number of unbranched alkanes of at least 4 members (excludes halogenated alkanes) is 2. The average molecular weight is 488 g/mol. The Balaban J connectivity index is 1.80. The second-order valence-electron chi connectivity index (χ2n) is 9.43. The van der Waals surface area contributed by atoms with Crippen LogP contribution in [0.15, 0.2) is 41.1 Å². The quantitative estimate of drug-likeness (QED) is 0.387. The van der Waals surface area contributed by atoms with Crippen LogP contribution in [0.4, 0.5) is 4.79 Å². The molecular weight excluding hydrogens is 450 g/mol. The van der Waals surface area contributed by atoms with Crippen molar-refractivity contribution < 1.29 is 28.4 Å². The van der Waals surface area contributed by atoms with Gasteiger partial charge in [0, 0.05) is 24.6 Å². The molecular formula is C26H37N3O6. The molecule has 2 aromatic rings. The first-order chi connectivity index (χ1) is 16.6. The van der Waals surface area contributed by atoms with Crippen molar-refractivity contribution in [3.63, 3.8) is 0 Å². The van der Waals surface area contributed by atoms with E-state index in [0.29, 0.717) is 38.0 Å². The van der Waals surface area contributed by atoms with Crippen LogP contribution in [-0.4, -0.2) is 54.3 Å². The predicted molar refractivity (Wildman–Crippen MR) is 131 cm³/mol. The highest BCUT2D eigenvalue weighted by Gasteiger charge is 2.21. The van der Waals surface area contributed by atoms with E-state index in [1.807, 2.05) is 39.8 Å². The van der Waals surface area contributed by atoms with Gasteiger partial charge in [-0.3, -0.25) is 9.59 Å². The molecule has 0 radical (unpaired) electrons. The molecule has 0 saturated heterocycles. The van der Waals surface area contributed by atoms with Crippen LogP contribution in [0, 0.1) is 6.92 Å². The number of hydrogen-bond donors (Lipinski definition) is 2. The normalized spacial score (nSPS) is 12.1. The molecule has 0 aliphatic carbocycles. The number of nitrogens with zero attached hydrogens (tertiary/aromatic N) is 1. The molecule has 0 saturated carbocycles. The molecule has 9 nitrogen and oxygen atoms in total. The van der Waals surface area contributed by atoms with Gasteiger partial charge in [-0.2, -0.15) is 0 Å². The number of hydrogen-bond acceptors (Lipinski definition) is 7. The van der Waals surface area contributed by atoms with Gasteiger partial charge in [0.1, 0.15) is 18.5 Å². The molecule has 0 unspecified atom stereocenters. The van der Waals surface area contributed by atoms with Crippen LogP contribution in [0.3, 0.4) is 0 Å². The first kappa shape index (κ1) is 28.0. The molecule has 9 heteroatoms. The number of nitrogens with one attached hydrogen (secondary N) is 2. The molecule has 1 aromatic carbocycles. The van der Waals surface area contributed by atoms with E-state index < -0.39 is 17.7 Å². The number of amides is 2. The van der Waals surface area contributed by atoms with E-state index in [0.717, 1.165) is 24.1 Å². The maximum Gasteiger partial charge on any atom is 0.407 e. The number of aryl methyl sites for hydroxylation is 1. The van der Waals surface area contributed by atoms with E-state index in [9.17, 15) is 14.4 Å². The zero-order valence-corrected chi connectivity index (χ0v) is 21.1. The van der Waals surface area contributed by atoms with Crippen molar-refractivity contribution in [3.8, 4) is 0 Å². The molecule has 0 aliphatic heterocycles. The molecule has 0 spiro atoms. The highest BCUT2D eigenvalue weighted by atomic mass is 16.6. The smallest absolute Gasteiger partial charge is 0.407 e. The zero-order chi connectivity index (χ0) is 25.7. The molecule has 2 N–H and O–H groups in total. The van der Waals surface area contributed by atoms with Crippen molar-refractivity contribution in [3.05, 3.63) is 53.4 Å². The van der Waals surface area contributed by atoms with Crippen LogP contribution in [0.25, 0.3) is 0 Å². The van der Waals surface area contributed by atoms with Gasteiger partial charge < -0.3 is 24.6 Å². The summed E-state index contributed by atoms with van der Waals surface area (Å²) in [6.45, 7) is 8.09. The Labute approximate surface area is 206 Å². The lowest BCUT2D eigenvalue weighted by Crippen LogP contribution is -2.42. The second-order valence-corrected chi connectivity index (χ2v) is 9.43. The first-order valence-electron chi connectivity index (χ1n) is 12.0. The van der Waals surface area contributed by atoms with Crippen molar-refractivity contribution in [2.45, 2.75) is 71.4 Å². The summed E-state index contributed by atoms with van der Waals surface area (Å²) in [5, 5.41) is 9.39. The average Bonchev–Trinajstić information content (AvgIpc) is 3.30. The fraction of sp³-hybridized carbons (Fsp3) is 0.538. The topological polar surface area (TPSA) is 120 Å². The molecule has 0 bridgehead atoms. The van der Waals surface area contributed by atoms with Gasteiger partial charge in [0.15, 0.2) is 5.78 Å². The van der Waals surface area contributed by atoms with E-state index in [4.69, 9.17) is 14.0 Å². The molecule has 1 atom stereocenters. The van der Waals surface area contributed by atoms with Gasteiger partial charge in [-0.25, -0.2) is 4.79 Å². The predicted octanol–water partition coefficient (Wildman–Crippen LogP) is 3.99. The molecule has 192 valence electrons. The Morgan fingerprint density at radius 1 is 1.06 bits per heavy atom. The molecule has 0 aliphatic rings. The highest BCUT2D eigenvalue weighted by molar-refractivity contribution is 5.98. The number of benzene rings is 1. The number of carbonyl (C=O) groups excluding carboxylic acids is 3. The van der Waals surface area contributed by atoms with Crippen LogP contribution in [0.5, 0.6) is 0 Å². The van der Waals surface area contributed by atoms with Crippen molar-refractivity contribution in [1.29, 1.82) is 0 Å². The lowest BCUT2D eigenvalue weighted by Gasteiger charge is -2.20. The minimum Gasteiger partial charge on any atom is -0.444 e. The summed E-state index contributed by atoms with van der Waals surface area (Å²) >= 11 is 0. The number of aromatic nitrogens is 1. The SMILES string of the molecule is Cc1ccc(C(=O)N[C@@H](CCCCCNC(=O)OC(C)(C)C)C(=O)COCCc2ccon2)cc1. The van der Waals surface area contributed by atoms with Gasteiger partial charge >= 0.3 is 6.09 Å². The van der Waals surface area contributed by atoms with E-state index in [2.05, 4.69) is 15.8 Å². The van der Waals surface area contributed by atoms with Gasteiger partial charge in [0.2, 0.25) is 0 Å². The number of ketones is 1. The van der Waals surface area contributed by atoms with Crippen molar-refractivity contribution in [2.75, 3.05) is 19.8 Å². The summed E-state index contributed by atoms with van der Waals surface area (Å²) < 4.78 is 15.5. The Bertz CT molecular complexity index is 920. The van der Waals surface area contributed by atoms with Crippen molar-refractivity contribution >= 4 is 17.8 Å². The summed E-state index contributed by atoms with van der Waals surface area (Å²) in [7, 11) is 0. The highest BCUT2D eigenvalue weighted by Crippen LogP contribution is 2.10. The maximum absolute atomic E-state index is 12.8. The second kappa shape index (κ2) is 14.3. The number of ether oxygens (including phenoxy) is 2. The summed E-state index contributed by atoms with van der Waals surface area (Å²) in [5.74, 6) is -0.477. The fourth-order valence-corrected chi connectivity index (χ4v) is 3.23. The zero-order valence-electron chi connectivity index (χ0n) is 21.1. The summed E-state index contributed by atoms with van der Waals surface area (Å²) in [5.41, 5.74) is 1.77. The third-order valence-corrected chi connectivity index (χ3v) is 5.08. The van der Waals surface area contributed by atoms with Gasteiger partial charge in [0.25, 0.3) is 5.91 Å². The number of carbonyl (C=O) groups is 3. The van der Waals surface area contributed by atoms with E-state index >= 15 is 0 Å². The van der Waals surface area contributed by atoms with Crippen molar-refractivity contribution in [2.24, 2.45) is 0 Å². The Kier molecular flexibility index (Phi) is 11.4. The summed E-state index contributed by atoms with van der Waals surface area (Å²) in [6.07, 6.45) is 4.29. The van der Waals surface area contributed by atoms with Crippen molar-refractivity contribution in [1.82, 2.24) is 15.8 Å². The summed E-state index contributed by atoms with van der Waals surface area (Å²) in [6, 6.07) is 8.28. The number of Topliss-reactive ketones (excluding diaryl/α,β-unsaturated/α-hetero) is 1. The van der Waals surface area contributed by atoms with Gasteiger partial charge in [0.05, 0.1) is 18.3 Å². The van der Waals surface area contributed by atoms with Crippen LogP contribution in [0.1, 0.15) is 68.1 Å². The van der Waals surface area contributed by atoms with Crippen LogP contribution in [-0.2, 0) is 20.7 Å². The lowest BCUT2D eigenvalue weighted by atomic mass is 10.0.